The fourth-order valence-electron chi connectivity index (χ4n) is 2.87. The number of carbonyl (C=O) groups excluding carboxylic acids is 1. The van der Waals surface area contributed by atoms with E-state index in [1.165, 1.54) is 0 Å². The molecule has 2 rings (SSSR count). The van der Waals surface area contributed by atoms with Gasteiger partial charge >= 0.3 is 0 Å². The largest absolute Gasteiger partial charge is 0.441 e. The van der Waals surface area contributed by atoms with Crippen LogP contribution in [-0.4, -0.2) is 23.0 Å². The van der Waals surface area contributed by atoms with E-state index < -0.39 is 0 Å². The molecule has 5 nitrogen and oxygen atoms in total. The highest BCUT2D eigenvalue weighted by atomic mass is 16.4. The molecule has 0 aliphatic carbocycles. The number of nitrogens with two attached hydrogens (primary N) is 1. The lowest BCUT2D eigenvalue weighted by Crippen LogP contribution is -2.52. The molecule has 0 fully saturated rings. The van der Waals surface area contributed by atoms with Gasteiger partial charge in [0.25, 0.3) is 0 Å². The Morgan fingerprint density at radius 2 is 2.04 bits per heavy atom. The summed E-state index contributed by atoms with van der Waals surface area (Å²) < 4.78 is 5.73. The molecule has 3 N–H and O–H groups in total. The van der Waals surface area contributed by atoms with Gasteiger partial charge in [0.2, 0.25) is 5.91 Å². The van der Waals surface area contributed by atoms with Crippen molar-refractivity contribution in [2.45, 2.75) is 45.6 Å². The number of amides is 1. The summed E-state index contributed by atoms with van der Waals surface area (Å²) >= 11 is 0. The maximum atomic E-state index is 12.2. The number of hydrogen-bond acceptors (Lipinski definition) is 4. The number of rotatable bonds is 8. The smallest absolute Gasteiger partial charge is 0.220 e. The molecule has 1 aromatic carbocycles. The Bertz CT molecular complexity index is 652. The molecule has 0 aliphatic rings. The number of aromatic nitrogens is 1. The summed E-state index contributed by atoms with van der Waals surface area (Å²) in [5.41, 5.74) is 6.45. The van der Waals surface area contributed by atoms with E-state index in [0.29, 0.717) is 31.2 Å². The molecular formula is C19H27N3O2. The Balaban J connectivity index is 1.89. The molecule has 1 heterocycles. The molecule has 0 saturated heterocycles. The molecule has 1 atom stereocenters. The minimum Gasteiger partial charge on any atom is -0.441 e. The van der Waals surface area contributed by atoms with Crippen LogP contribution in [0.3, 0.4) is 0 Å². The highest BCUT2D eigenvalue weighted by molar-refractivity contribution is 5.77. The molecule has 1 amide bonds. The number of carbonyl (C=O) groups is 1. The predicted octanol–water partition coefficient (Wildman–Crippen LogP) is 3.15. The zero-order valence-electron chi connectivity index (χ0n) is 14.7. The molecule has 0 bridgehead atoms. The molecule has 0 spiro atoms. The molecule has 130 valence electrons. The molecular weight excluding hydrogens is 302 g/mol. The van der Waals surface area contributed by atoms with Crippen molar-refractivity contribution < 1.29 is 9.21 Å². The zero-order valence-corrected chi connectivity index (χ0v) is 14.7. The van der Waals surface area contributed by atoms with Crippen LogP contribution in [0.1, 0.15) is 39.5 Å². The van der Waals surface area contributed by atoms with Crippen molar-refractivity contribution in [2.24, 2.45) is 11.7 Å². The lowest BCUT2D eigenvalue weighted by molar-refractivity contribution is -0.123. The molecule has 2 aromatic rings. The molecule has 5 heteroatoms. The highest BCUT2D eigenvalue weighted by Gasteiger charge is 2.25. The second-order valence-electron chi connectivity index (χ2n) is 6.90. The molecule has 1 unspecified atom stereocenters. The first-order chi connectivity index (χ1) is 11.4. The van der Waals surface area contributed by atoms with Crippen LogP contribution < -0.4 is 11.1 Å². The summed E-state index contributed by atoms with van der Waals surface area (Å²) in [5, 5.41) is 3.05. The number of nitrogens with zero attached hydrogens (tertiary/aromatic N) is 1. The van der Waals surface area contributed by atoms with Gasteiger partial charge in [0, 0.05) is 30.5 Å². The number of hydrogen-bond donors (Lipinski definition) is 2. The Hall–Kier alpha value is -2.14. The number of oxazole rings is 1. The summed E-state index contributed by atoms with van der Waals surface area (Å²) in [6.45, 7) is 6.66. The van der Waals surface area contributed by atoms with Crippen LogP contribution in [0.5, 0.6) is 0 Å². The van der Waals surface area contributed by atoms with Gasteiger partial charge in [-0.2, -0.15) is 0 Å². The maximum Gasteiger partial charge on any atom is 0.220 e. The minimum atomic E-state index is -0.364. The van der Waals surface area contributed by atoms with Gasteiger partial charge in [-0.1, -0.05) is 44.2 Å². The summed E-state index contributed by atoms with van der Waals surface area (Å²) in [5.74, 6) is 1.74. The summed E-state index contributed by atoms with van der Waals surface area (Å²) in [7, 11) is 0. The average Bonchev–Trinajstić information content (AvgIpc) is 3.02. The van der Waals surface area contributed by atoms with Crippen LogP contribution in [0.4, 0.5) is 0 Å². The average molecular weight is 329 g/mol. The third-order valence-corrected chi connectivity index (χ3v) is 3.93. The lowest BCUT2D eigenvalue weighted by Gasteiger charge is -2.31. The molecule has 0 radical (unpaired) electrons. The fourth-order valence-corrected chi connectivity index (χ4v) is 2.87. The van der Waals surface area contributed by atoms with Crippen LogP contribution >= 0.6 is 0 Å². The van der Waals surface area contributed by atoms with Crippen LogP contribution in [-0.2, 0) is 11.2 Å². The van der Waals surface area contributed by atoms with Crippen molar-refractivity contribution in [2.75, 3.05) is 6.54 Å². The number of nitrogens with one attached hydrogen (secondary N) is 1. The van der Waals surface area contributed by atoms with Gasteiger partial charge in [0.15, 0.2) is 11.7 Å². The van der Waals surface area contributed by atoms with Crippen molar-refractivity contribution in [3.8, 4) is 11.3 Å². The Kier molecular flexibility index (Phi) is 6.15. The molecule has 0 saturated carbocycles. The molecule has 24 heavy (non-hydrogen) atoms. The molecule has 1 aromatic heterocycles. The Morgan fingerprint density at radius 3 is 2.67 bits per heavy atom. The maximum absolute atomic E-state index is 12.2. The van der Waals surface area contributed by atoms with E-state index in [1.54, 1.807) is 6.20 Å². The van der Waals surface area contributed by atoms with E-state index in [0.717, 1.165) is 17.7 Å². The van der Waals surface area contributed by atoms with Crippen LogP contribution in [0, 0.1) is 5.92 Å². The zero-order chi connectivity index (χ0) is 17.6. The van der Waals surface area contributed by atoms with Crippen molar-refractivity contribution >= 4 is 5.91 Å². The Labute approximate surface area is 143 Å². The first-order valence-corrected chi connectivity index (χ1v) is 8.43. The summed E-state index contributed by atoms with van der Waals surface area (Å²) in [6, 6.07) is 9.79. The first-order valence-electron chi connectivity index (χ1n) is 8.43. The van der Waals surface area contributed by atoms with Crippen molar-refractivity contribution in [3.05, 3.63) is 42.4 Å². The van der Waals surface area contributed by atoms with Gasteiger partial charge in [0.05, 0.1) is 6.20 Å². The molecule has 0 aliphatic heterocycles. The van der Waals surface area contributed by atoms with E-state index in [1.807, 2.05) is 37.3 Å². The lowest BCUT2D eigenvalue weighted by atomic mass is 9.90. The van der Waals surface area contributed by atoms with Gasteiger partial charge < -0.3 is 15.5 Å². The van der Waals surface area contributed by atoms with Crippen LogP contribution in [0.2, 0.25) is 0 Å². The van der Waals surface area contributed by atoms with E-state index in [9.17, 15) is 4.79 Å². The van der Waals surface area contributed by atoms with Crippen LogP contribution in [0.25, 0.3) is 11.3 Å². The van der Waals surface area contributed by atoms with Crippen LogP contribution in [0.15, 0.2) is 40.9 Å². The Morgan fingerprint density at radius 1 is 1.33 bits per heavy atom. The van der Waals surface area contributed by atoms with Gasteiger partial charge in [-0.15, -0.1) is 0 Å². The van der Waals surface area contributed by atoms with Gasteiger partial charge in [-0.05, 0) is 19.3 Å². The fraction of sp³-hybridized carbons (Fsp3) is 0.474. The topological polar surface area (TPSA) is 81.1 Å². The van der Waals surface area contributed by atoms with Gasteiger partial charge in [0.1, 0.15) is 0 Å². The van der Waals surface area contributed by atoms with E-state index in [-0.39, 0.29) is 11.4 Å². The third-order valence-electron chi connectivity index (χ3n) is 3.93. The quantitative estimate of drug-likeness (QED) is 0.779. The van der Waals surface area contributed by atoms with Crippen molar-refractivity contribution in [3.63, 3.8) is 0 Å². The first kappa shape index (κ1) is 18.2. The van der Waals surface area contributed by atoms with E-state index in [2.05, 4.69) is 24.1 Å². The van der Waals surface area contributed by atoms with Crippen molar-refractivity contribution in [1.29, 1.82) is 0 Å². The van der Waals surface area contributed by atoms with E-state index >= 15 is 0 Å². The summed E-state index contributed by atoms with van der Waals surface area (Å²) in [4.78, 5) is 16.5. The van der Waals surface area contributed by atoms with Gasteiger partial charge in [-0.25, -0.2) is 4.98 Å². The third kappa shape index (κ3) is 5.20. The predicted molar refractivity (Wildman–Crippen MR) is 95.3 cm³/mol. The van der Waals surface area contributed by atoms with Gasteiger partial charge in [-0.3, -0.25) is 4.79 Å². The highest BCUT2D eigenvalue weighted by Crippen LogP contribution is 2.20. The second-order valence-corrected chi connectivity index (χ2v) is 6.90. The minimum absolute atomic E-state index is 0.0249. The number of benzene rings is 1. The number of aryl methyl sites for hydroxylation is 1. The summed E-state index contributed by atoms with van der Waals surface area (Å²) in [6.07, 6.45) is 3.36. The SMILES string of the molecule is CC(C)CC(C)(CN)NC(=O)CCc1ncc(-c2ccccc2)o1. The monoisotopic (exact) mass is 329 g/mol. The van der Waals surface area contributed by atoms with E-state index in [4.69, 9.17) is 10.2 Å². The second kappa shape index (κ2) is 8.11. The normalized spacial score (nSPS) is 13.7. The van der Waals surface area contributed by atoms with Crippen molar-refractivity contribution in [1.82, 2.24) is 10.3 Å². The standard InChI is InChI=1S/C19H27N3O2/c1-14(2)11-19(3,13-20)22-17(23)9-10-18-21-12-16(24-18)15-7-5-4-6-8-15/h4-8,12,14H,9-11,13,20H2,1-3H3,(H,22,23).